The molecule has 2 aromatic carbocycles. The Morgan fingerprint density at radius 2 is 1.81 bits per heavy atom. The molecule has 2 aliphatic rings. The van der Waals surface area contributed by atoms with Crippen molar-refractivity contribution in [3.63, 3.8) is 0 Å². The Labute approximate surface area is 210 Å². The highest BCUT2D eigenvalue weighted by atomic mass is 16.5. The lowest BCUT2D eigenvalue weighted by Gasteiger charge is -2.28. The Balaban J connectivity index is 1.54. The fraction of sp³-hybridized carbons (Fsp3) is 0.444. The van der Waals surface area contributed by atoms with Crippen LogP contribution >= 0.6 is 0 Å². The van der Waals surface area contributed by atoms with Crippen LogP contribution in [0.5, 0.6) is 11.5 Å². The van der Waals surface area contributed by atoms with E-state index in [-0.39, 0.29) is 11.5 Å². The summed E-state index contributed by atoms with van der Waals surface area (Å²) < 4.78 is 17.8. The van der Waals surface area contributed by atoms with Crippen molar-refractivity contribution in [2.24, 2.45) is 0 Å². The summed E-state index contributed by atoms with van der Waals surface area (Å²) in [6.07, 6.45) is 3.25. The van der Waals surface area contributed by atoms with E-state index in [9.17, 15) is 9.59 Å². The molecular formula is C27H32N4O5. The first-order chi connectivity index (χ1) is 17.5. The third-order valence-electron chi connectivity index (χ3n) is 7.08. The third-order valence-corrected chi connectivity index (χ3v) is 7.08. The molecule has 0 unspecified atom stereocenters. The SMILES string of the molecule is COc1cc2nc(CN3CCOCC3)n([C@@H](C)C(=O)Nc3ccc4c(c3)CCC4)c(=O)c2cc1OC. The maximum atomic E-state index is 13.8. The Morgan fingerprint density at radius 1 is 1.08 bits per heavy atom. The van der Waals surface area contributed by atoms with Crippen LogP contribution in [0.15, 0.2) is 35.1 Å². The maximum Gasteiger partial charge on any atom is 0.262 e. The molecule has 190 valence electrons. The van der Waals surface area contributed by atoms with Gasteiger partial charge in [-0.15, -0.1) is 0 Å². The molecule has 1 atom stereocenters. The summed E-state index contributed by atoms with van der Waals surface area (Å²) in [5.41, 5.74) is 3.58. The second-order valence-electron chi connectivity index (χ2n) is 9.32. The van der Waals surface area contributed by atoms with Gasteiger partial charge in [-0.25, -0.2) is 4.98 Å². The van der Waals surface area contributed by atoms with Gasteiger partial charge in [-0.1, -0.05) is 6.07 Å². The average Bonchev–Trinajstić information content (AvgIpc) is 3.36. The van der Waals surface area contributed by atoms with E-state index in [1.807, 2.05) is 12.1 Å². The number of aryl methyl sites for hydroxylation is 2. The number of morpholine rings is 1. The van der Waals surface area contributed by atoms with E-state index in [4.69, 9.17) is 19.2 Å². The van der Waals surface area contributed by atoms with Crippen LogP contribution in [0.3, 0.4) is 0 Å². The zero-order valence-electron chi connectivity index (χ0n) is 21.0. The van der Waals surface area contributed by atoms with Crippen LogP contribution in [0, 0.1) is 0 Å². The van der Waals surface area contributed by atoms with Gasteiger partial charge in [0, 0.05) is 24.8 Å². The molecule has 5 rings (SSSR count). The van der Waals surface area contributed by atoms with Gasteiger partial charge in [0.05, 0.1) is 44.9 Å². The molecule has 0 saturated carbocycles. The van der Waals surface area contributed by atoms with Crippen molar-refractivity contribution < 1.29 is 19.0 Å². The number of hydrogen-bond donors (Lipinski definition) is 1. The number of benzene rings is 2. The minimum atomic E-state index is -0.771. The van der Waals surface area contributed by atoms with Crippen molar-refractivity contribution in [3.8, 4) is 11.5 Å². The summed E-state index contributed by atoms with van der Waals surface area (Å²) in [7, 11) is 3.07. The highest BCUT2D eigenvalue weighted by molar-refractivity contribution is 5.94. The molecule has 1 fully saturated rings. The molecule has 2 heterocycles. The van der Waals surface area contributed by atoms with Gasteiger partial charge in [0.25, 0.3) is 5.56 Å². The standard InChI is InChI=1S/C27H32N4O5/c1-17(26(32)28-20-8-7-18-5-4-6-19(18)13-20)31-25(16-30-9-11-36-12-10-30)29-22-15-24(35-3)23(34-2)14-21(22)27(31)33/h7-8,13-15,17H,4-6,9-12,16H2,1-3H3,(H,28,32)/t17-/m0/s1. The van der Waals surface area contributed by atoms with E-state index >= 15 is 0 Å². The summed E-state index contributed by atoms with van der Waals surface area (Å²) in [6, 6.07) is 8.62. The van der Waals surface area contributed by atoms with Crippen molar-refractivity contribution in [3.05, 3.63) is 57.6 Å². The quantitative estimate of drug-likeness (QED) is 0.542. The topological polar surface area (TPSA) is 94.9 Å². The zero-order chi connectivity index (χ0) is 25.2. The third kappa shape index (κ3) is 4.68. The molecule has 0 radical (unpaired) electrons. The second kappa shape index (κ2) is 10.3. The molecule has 1 saturated heterocycles. The molecule has 0 bridgehead atoms. The van der Waals surface area contributed by atoms with Gasteiger partial charge >= 0.3 is 0 Å². The van der Waals surface area contributed by atoms with Gasteiger partial charge < -0.3 is 19.5 Å². The van der Waals surface area contributed by atoms with Crippen LogP contribution in [-0.2, 0) is 28.9 Å². The summed E-state index contributed by atoms with van der Waals surface area (Å²) >= 11 is 0. The fourth-order valence-electron chi connectivity index (χ4n) is 5.06. The van der Waals surface area contributed by atoms with Gasteiger partial charge in [0.2, 0.25) is 5.91 Å². The lowest BCUT2D eigenvalue weighted by Crippen LogP contribution is -2.40. The van der Waals surface area contributed by atoms with Gasteiger partial charge in [-0.05, 0) is 55.5 Å². The van der Waals surface area contributed by atoms with Gasteiger partial charge in [-0.3, -0.25) is 19.1 Å². The highest BCUT2D eigenvalue weighted by Gasteiger charge is 2.25. The molecule has 0 spiro atoms. The summed E-state index contributed by atoms with van der Waals surface area (Å²) in [4.78, 5) is 34.2. The molecule has 3 aromatic rings. The van der Waals surface area contributed by atoms with Crippen LogP contribution in [0.2, 0.25) is 0 Å². The minimum absolute atomic E-state index is 0.264. The van der Waals surface area contributed by atoms with E-state index in [1.165, 1.54) is 22.8 Å². The number of anilines is 1. The number of rotatable bonds is 7. The van der Waals surface area contributed by atoms with E-state index in [1.54, 1.807) is 26.2 Å². The zero-order valence-corrected chi connectivity index (χ0v) is 21.0. The van der Waals surface area contributed by atoms with Crippen LogP contribution in [0.25, 0.3) is 10.9 Å². The number of methoxy groups -OCH3 is 2. The molecule has 1 aliphatic carbocycles. The summed E-state index contributed by atoms with van der Waals surface area (Å²) in [6.45, 7) is 4.88. The first-order valence-corrected chi connectivity index (χ1v) is 12.4. The van der Waals surface area contributed by atoms with Gasteiger partial charge in [0.1, 0.15) is 11.9 Å². The number of amides is 1. The number of carbonyl (C=O) groups is 1. The predicted octanol–water partition coefficient (Wildman–Crippen LogP) is 2.93. The summed E-state index contributed by atoms with van der Waals surface area (Å²) in [5, 5.41) is 3.38. The Kier molecular flexibility index (Phi) is 6.93. The Hall–Kier alpha value is -3.43. The van der Waals surface area contributed by atoms with Crippen LogP contribution in [-0.4, -0.2) is 60.9 Å². The van der Waals surface area contributed by atoms with Crippen LogP contribution in [0.1, 0.15) is 36.3 Å². The molecule has 36 heavy (non-hydrogen) atoms. The van der Waals surface area contributed by atoms with E-state index in [0.717, 1.165) is 38.0 Å². The number of nitrogens with one attached hydrogen (secondary N) is 1. The highest BCUT2D eigenvalue weighted by Crippen LogP contribution is 2.31. The predicted molar refractivity (Wildman–Crippen MR) is 137 cm³/mol. The second-order valence-corrected chi connectivity index (χ2v) is 9.32. The smallest absolute Gasteiger partial charge is 0.262 e. The fourth-order valence-corrected chi connectivity index (χ4v) is 5.06. The van der Waals surface area contributed by atoms with Crippen molar-refractivity contribution in [2.75, 3.05) is 45.8 Å². The molecule has 9 heteroatoms. The number of carbonyl (C=O) groups excluding carboxylic acids is 1. The van der Waals surface area contributed by atoms with Gasteiger partial charge in [-0.2, -0.15) is 0 Å². The number of aromatic nitrogens is 2. The van der Waals surface area contributed by atoms with E-state index in [0.29, 0.717) is 48.0 Å². The molecule has 9 nitrogen and oxygen atoms in total. The first-order valence-electron chi connectivity index (χ1n) is 12.4. The molecule has 1 amide bonds. The number of hydrogen-bond acceptors (Lipinski definition) is 7. The van der Waals surface area contributed by atoms with Crippen molar-refractivity contribution in [1.29, 1.82) is 0 Å². The van der Waals surface area contributed by atoms with Gasteiger partial charge in [0.15, 0.2) is 11.5 Å². The molecule has 1 N–H and O–H groups in total. The normalized spacial score (nSPS) is 16.5. The largest absolute Gasteiger partial charge is 0.493 e. The number of nitrogens with zero attached hydrogens (tertiary/aromatic N) is 3. The summed E-state index contributed by atoms with van der Waals surface area (Å²) in [5.74, 6) is 1.19. The van der Waals surface area contributed by atoms with E-state index < -0.39 is 6.04 Å². The number of fused-ring (bicyclic) bond motifs is 2. The minimum Gasteiger partial charge on any atom is -0.493 e. The van der Waals surface area contributed by atoms with E-state index in [2.05, 4.69) is 16.3 Å². The lowest BCUT2D eigenvalue weighted by molar-refractivity contribution is -0.119. The van der Waals surface area contributed by atoms with Crippen molar-refractivity contribution in [2.45, 2.75) is 38.8 Å². The monoisotopic (exact) mass is 492 g/mol. The van der Waals surface area contributed by atoms with Crippen molar-refractivity contribution >= 4 is 22.5 Å². The number of ether oxygens (including phenoxy) is 3. The van der Waals surface area contributed by atoms with Crippen molar-refractivity contribution in [1.82, 2.24) is 14.5 Å². The van der Waals surface area contributed by atoms with Crippen LogP contribution < -0.4 is 20.3 Å². The maximum absolute atomic E-state index is 13.8. The first kappa shape index (κ1) is 24.3. The molecular weight excluding hydrogens is 460 g/mol. The lowest BCUT2D eigenvalue weighted by atomic mass is 10.1. The molecule has 1 aliphatic heterocycles. The molecule has 1 aromatic heterocycles. The van der Waals surface area contributed by atoms with Crippen LogP contribution in [0.4, 0.5) is 5.69 Å². The Bertz CT molecular complexity index is 1350. The Morgan fingerprint density at radius 3 is 2.56 bits per heavy atom. The average molecular weight is 493 g/mol.